The van der Waals surface area contributed by atoms with Gasteiger partial charge in [-0.2, -0.15) is 13.2 Å². The van der Waals surface area contributed by atoms with Crippen LogP contribution < -0.4 is 5.73 Å². The van der Waals surface area contributed by atoms with Crippen LogP contribution in [-0.4, -0.2) is 10.9 Å². The standard InChI is InChI=1S/C21H19F3N2OS/c1-11-7-15(8-12(2)18(11)20(25)27)19-13(3)26-17(28-19)10-14-5-4-6-16(9-14)21(22,23)24/h4-9H,10H2,1-3H3,(H2,25,27). The lowest BCUT2D eigenvalue weighted by Gasteiger charge is -2.09. The van der Waals surface area contributed by atoms with E-state index in [-0.39, 0.29) is 0 Å². The van der Waals surface area contributed by atoms with Gasteiger partial charge in [0.25, 0.3) is 0 Å². The Bertz CT molecular complexity index is 1030. The highest BCUT2D eigenvalue weighted by atomic mass is 32.1. The Morgan fingerprint density at radius 3 is 2.32 bits per heavy atom. The molecule has 2 N–H and O–H groups in total. The number of rotatable bonds is 4. The van der Waals surface area contributed by atoms with Crippen LogP contribution in [0.1, 0.15) is 43.3 Å². The fourth-order valence-electron chi connectivity index (χ4n) is 3.31. The van der Waals surface area contributed by atoms with E-state index < -0.39 is 17.6 Å². The third-order valence-electron chi connectivity index (χ3n) is 4.49. The van der Waals surface area contributed by atoms with E-state index in [1.54, 1.807) is 6.07 Å². The zero-order valence-corrected chi connectivity index (χ0v) is 16.5. The van der Waals surface area contributed by atoms with Crippen molar-refractivity contribution in [2.45, 2.75) is 33.4 Å². The highest BCUT2D eigenvalue weighted by Gasteiger charge is 2.30. The van der Waals surface area contributed by atoms with Crippen LogP contribution >= 0.6 is 11.3 Å². The Balaban J connectivity index is 1.94. The van der Waals surface area contributed by atoms with Gasteiger partial charge in [0.1, 0.15) is 0 Å². The first-order chi connectivity index (χ1) is 13.1. The maximum Gasteiger partial charge on any atom is 0.416 e. The van der Waals surface area contributed by atoms with E-state index in [9.17, 15) is 18.0 Å². The summed E-state index contributed by atoms with van der Waals surface area (Å²) in [6.45, 7) is 5.53. The van der Waals surface area contributed by atoms with Crippen molar-refractivity contribution in [3.05, 3.63) is 74.9 Å². The molecule has 0 radical (unpaired) electrons. The molecule has 0 saturated heterocycles. The molecule has 0 saturated carbocycles. The third-order valence-corrected chi connectivity index (χ3v) is 5.70. The average molecular weight is 404 g/mol. The Morgan fingerprint density at radius 2 is 1.75 bits per heavy atom. The summed E-state index contributed by atoms with van der Waals surface area (Å²) < 4.78 is 38.7. The monoisotopic (exact) mass is 404 g/mol. The lowest BCUT2D eigenvalue weighted by molar-refractivity contribution is -0.137. The van der Waals surface area contributed by atoms with Crippen LogP contribution in [0.25, 0.3) is 10.4 Å². The number of hydrogen-bond donors (Lipinski definition) is 1. The summed E-state index contributed by atoms with van der Waals surface area (Å²) in [5, 5.41) is 0.737. The van der Waals surface area contributed by atoms with Gasteiger partial charge in [0.2, 0.25) is 5.91 Å². The number of thiazole rings is 1. The molecule has 0 aliphatic carbocycles. The number of carbonyl (C=O) groups excluding carboxylic acids is 1. The van der Waals surface area contributed by atoms with Gasteiger partial charge in [0.05, 0.1) is 21.1 Å². The van der Waals surface area contributed by atoms with Gasteiger partial charge in [0, 0.05) is 12.0 Å². The summed E-state index contributed by atoms with van der Waals surface area (Å²) in [5.74, 6) is -0.465. The van der Waals surface area contributed by atoms with Gasteiger partial charge >= 0.3 is 6.18 Å². The normalized spacial score (nSPS) is 11.6. The molecule has 3 nitrogen and oxygen atoms in total. The zero-order chi connectivity index (χ0) is 20.6. The summed E-state index contributed by atoms with van der Waals surface area (Å²) in [4.78, 5) is 17.1. The number of alkyl halides is 3. The maximum absolute atomic E-state index is 12.9. The number of amides is 1. The lowest BCUT2D eigenvalue weighted by Crippen LogP contribution is -2.14. The molecule has 0 unspecified atom stereocenters. The Hall–Kier alpha value is -2.67. The molecule has 0 spiro atoms. The molecule has 7 heteroatoms. The van der Waals surface area contributed by atoms with E-state index in [0.29, 0.717) is 17.5 Å². The van der Waals surface area contributed by atoms with Crippen LogP contribution in [0.15, 0.2) is 36.4 Å². The number of primary amides is 1. The predicted octanol–water partition coefficient (Wildman–Crippen LogP) is 5.44. The van der Waals surface area contributed by atoms with Gasteiger partial charge in [-0.25, -0.2) is 4.98 Å². The second kappa shape index (κ2) is 7.39. The number of aryl methyl sites for hydroxylation is 3. The fourth-order valence-corrected chi connectivity index (χ4v) is 4.40. The molecule has 1 heterocycles. The number of carbonyl (C=O) groups is 1. The van der Waals surface area contributed by atoms with E-state index in [0.717, 1.165) is 44.4 Å². The van der Waals surface area contributed by atoms with Gasteiger partial charge in [0.15, 0.2) is 0 Å². The molecule has 146 valence electrons. The average Bonchev–Trinajstić information content (AvgIpc) is 2.93. The third kappa shape index (κ3) is 4.09. The van der Waals surface area contributed by atoms with Crippen LogP contribution in [0.4, 0.5) is 13.2 Å². The van der Waals surface area contributed by atoms with Gasteiger partial charge in [-0.05, 0) is 61.2 Å². The highest BCUT2D eigenvalue weighted by molar-refractivity contribution is 7.15. The molecule has 2 aromatic carbocycles. The zero-order valence-electron chi connectivity index (χ0n) is 15.6. The van der Waals surface area contributed by atoms with E-state index in [4.69, 9.17) is 5.73 Å². The van der Waals surface area contributed by atoms with E-state index in [1.807, 2.05) is 32.9 Å². The second-order valence-electron chi connectivity index (χ2n) is 6.75. The molecule has 28 heavy (non-hydrogen) atoms. The highest BCUT2D eigenvalue weighted by Crippen LogP contribution is 2.34. The molecule has 1 amide bonds. The number of halogens is 3. The Kier molecular flexibility index (Phi) is 5.30. The van der Waals surface area contributed by atoms with Crippen LogP contribution in [0.2, 0.25) is 0 Å². The molecular weight excluding hydrogens is 385 g/mol. The first-order valence-electron chi connectivity index (χ1n) is 8.60. The minimum atomic E-state index is -4.36. The number of benzene rings is 2. The van der Waals surface area contributed by atoms with Crippen LogP contribution in [0.3, 0.4) is 0 Å². The fraction of sp³-hybridized carbons (Fsp3) is 0.238. The minimum Gasteiger partial charge on any atom is -0.366 e. The molecule has 3 rings (SSSR count). The molecule has 0 fully saturated rings. The molecule has 1 aromatic heterocycles. The Labute approximate surface area is 165 Å². The van der Waals surface area contributed by atoms with Crippen molar-refractivity contribution >= 4 is 17.2 Å². The summed E-state index contributed by atoms with van der Waals surface area (Å²) in [5.41, 5.74) is 9.15. The van der Waals surface area contributed by atoms with Crippen molar-refractivity contribution in [2.24, 2.45) is 5.73 Å². The predicted molar refractivity (Wildman–Crippen MR) is 105 cm³/mol. The second-order valence-corrected chi connectivity index (χ2v) is 7.83. The van der Waals surface area contributed by atoms with Crippen molar-refractivity contribution in [3.63, 3.8) is 0 Å². The largest absolute Gasteiger partial charge is 0.416 e. The summed E-state index contributed by atoms with van der Waals surface area (Å²) in [6.07, 6.45) is -4.04. The maximum atomic E-state index is 12.9. The van der Waals surface area contributed by atoms with Crippen molar-refractivity contribution in [1.29, 1.82) is 0 Å². The van der Waals surface area contributed by atoms with Crippen LogP contribution in [0, 0.1) is 20.8 Å². The number of nitrogens with zero attached hydrogens (tertiary/aromatic N) is 1. The molecule has 0 aliphatic rings. The van der Waals surface area contributed by atoms with Crippen LogP contribution in [-0.2, 0) is 12.6 Å². The van der Waals surface area contributed by atoms with Gasteiger partial charge in [-0.1, -0.05) is 18.2 Å². The lowest BCUT2D eigenvalue weighted by atomic mass is 9.98. The quantitative estimate of drug-likeness (QED) is 0.629. The van der Waals surface area contributed by atoms with Gasteiger partial charge in [-0.3, -0.25) is 4.79 Å². The van der Waals surface area contributed by atoms with Crippen molar-refractivity contribution in [2.75, 3.05) is 0 Å². The molecule has 0 atom stereocenters. The molecule has 3 aromatic rings. The smallest absolute Gasteiger partial charge is 0.366 e. The summed E-state index contributed by atoms with van der Waals surface area (Å²) in [6, 6.07) is 9.08. The van der Waals surface area contributed by atoms with E-state index in [2.05, 4.69) is 4.98 Å². The van der Waals surface area contributed by atoms with E-state index >= 15 is 0 Å². The molecule has 0 aliphatic heterocycles. The number of aromatic nitrogens is 1. The first kappa shape index (κ1) is 20.1. The van der Waals surface area contributed by atoms with Crippen molar-refractivity contribution < 1.29 is 18.0 Å². The summed E-state index contributed by atoms with van der Waals surface area (Å²) >= 11 is 1.44. The van der Waals surface area contributed by atoms with E-state index in [1.165, 1.54) is 17.4 Å². The van der Waals surface area contributed by atoms with Crippen molar-refractivity contribution in [1.82, 2.24) is 4.98 Å². The first-order valence-corrected chi connectivity index (χ1v) is 9.41. The van der Waals surface area contributed by atoms with Gasteiger partial charge in [-0.15, -0.1) is 11.3 Å². The molecule has 0 bridgehead atoms. The van der Waals surface area contributed by atoms with Crippen LogP contribution in [0.5, 0.6) is 0 Å². The SMILES string of the molecule is Cc1cc(-c2sc(Cc3cccc(C(F)(F)F)c3)nc2C)cc(C)c1C(N)=O. The number of hydrogen-bond acceptors (Lipinski definition) is 3. The van der Waals surface area contributed by atoms with Gasteiger partial charge < -0.3 is 5.73 Å². The summed E-state index contributed by atoms with van der Waals surface area (Å²) in [7, 11) is 0. The topological polar surface area (TPSA) is 56.0 Å². The Morgan fingerprint density at radius 1 is 1.11 bits per heavy atom. The minimum absolute atomic E-state index is 0.326. The number of nitrogens with two attached hydrogens (primary N) is 1. The molecular formula is C21H19F3N2OS. The van der Waals surface area contributed by atoms with Crippen molar-refractivity contribution in [3.8, 4) is 10.4 Å².